The van der Waals surface area contributed by atoms with Crippen LogP contribution in [0.15, 0.2) is 42.5 Å². The summed E-state index contributed by atoms with van der Waals surface area (Å²) in [5.74, 6) is 0.856. The highest BCUT2D eigenvalue weighted by Crippen LogP contribution is 2.24. The topological polar surface area (TPSA) is 38.7 Å². The minimum atomic E-state index is 0.0104. The molecule has 0 saturated heterocycles. The molecule has 1 fully saturated rings. The SMILES string of the molecule is OCc1ccc(Cc2ccc(OCCOC3CC3)cc2)c(Cl)c1. The Morgan fingerprint density at radius 1 is 1.00 bits per heavy atom. The van der Waals surface area contributed by atoms with Crippen LogP contribution in [-0.2, 0) is 17.8 Å². The highest BCUT2D eigenvalue weighted by Gasteiger charge is 2.21. The van der Waals surface area contributed by atoms with Gasteiger partial charge in [0.05, 0.1) is 19.3 Å². The molecule has 1 saturated carbocycles. The Balaban J connectivity index is 1.52. The Morgan fingerprint density at radius 3 is 2.39 bits per heavy atom. The molecule has 0 atom stereocenters. The molecule has 2 aromatic rings. The number of aliphatic hydroxyl groups is 1. The van der Waals surface area contributed by atoms with Crippen LogP contribution in [0.5, 0.6) is 5.75 Å². The van der Waals surface area contributed by atoms with Crippen molar-refractivity contribution in [3.05, 3.63) is 64.2 Å². The lowest BCUT2D eigenvalue weighted by Crippen LogP contribution is -2.07. The third kappa shape index (κ3) is 4.96. The summed E-state index contributed by atoms with van der Waals surface area (Å²) >= 11 is 6.25. The van der Waals surface area contributed by atoms with Crippen LogP contribution in [0.4, 0.5) is 0 Å². The second kappa shape index (κ2) is 7.82. The van der Waals surface area contributed by atoms with Crippen LogP contribution in [0.2, 0.25) is 5.02 Å². The maximum Gasteiger partial charge on any atom is 0.119 e. The largest absolute Gasteiger partial charge is 0.491 e. The van der Waals surface area contributed by atoms with E-state index >= 15 is 0 Å². The van der Waals surface area contributed by atoms with Gasteiger partial charge in [-0.15, -0.1) is 0 Å². The second-order valence-corrected chi connectivity index (χ2v) is 6.23. The first-order chi connectivity index (χ1) is 11.2. The summed E-state index contributed by atoms with van der Waals surface area (Å²) in [6, 6.07) is 13.7. The second-order valence-electron chi connectivity index (χ2n) is 5.82. The number of hydrogen-bond acceptors (Lipinski definition) is 3. The van der Waals surface area contributed by atoms with E-state index < -0.39 is 0 Å². The molecule has 4 heteroatoms. The van der Waals surface area contributed by atoms with Gasteiger partial charge < -0.3 is 14.6 Å². The zero-order valence-electron chi connectivity index (χ0n) is 13.0. The smallest absolute Gasteiger partial charge is 0.119 e. The zero-order valence-corrected chi connectivity index (χ0v) is 13.8. The molecule has 3 nitrogen and oxygen atoms in total. The van der Waals surface area contributed by atoms with Crippen LogP contribution in [-0.4, -0.2) is 24.4 Å². The fourth-order valence-electron chi connectivity index (χ4n) is 2.36. The summed E-state index contributed by atoms with van der Waals surface area (Å²) in [4.78, 5) is 0. The van der Waals surface area contributed by atoms with Gasteiger partial charge in [-0.25, -0.2) is 0 Å². The lowest BCUT2D eigenvalue weighted by atomic mass is 10.0. The van der Waals surface area contributed by atoms with Crippen molar-refractivity contribution in [2.24, 2.45) is 0 Å². The lowest BCUT2D eigenvalue weighted by Gasteiger charge is -2.09. The highest BCUT2D eigenvalue weighted by atomic mass is 35.5. The maximum absolute atomic E-state index is 9.11. The van der Waals surface area contributed by atoms with Crippen LogP contribution in [0, 0.1) is 0 Å². The highest BCUT2D eigenvalue weighted by molar-refractivity contribution is 6.31. The summed E-state index contributed by atoms with van der Waals surface area (Å²) in [5, 5.41) is 9.80. The summed E-state index contributed by atoms with van der Waals surface area (Å²) < 4.78 is 11.2. The van der Waals surface area contributed by atoms with Gasteiger partial charge in [0.1, 0.15) is 12.4 Å². The van der Waals surface area contributed by atoms with E-state index in [1.807, 2.05) is 42.5 Å². The Labute approximate surface area is 141 Å². The molecule has 23 heavy (non-hydrogen) atoms. The van der Waals surface area contributed by atoms with E-state index in [9.17, 15) is 0 Å². The molecule has 0 spiro atoms. The number of benzene rings is 2. The van der Waals surface area contributed by atoms with Gasteiger partial charge in [0.15, 0.2) is 0 Å². The summed E-state index contributed by atoms with van der Waals surface area (Å²) in [7, 11) is 0. The summed E-state index contributed by atoms with van der Waals surface area (Å²) in [5.41, 5.74) is 3.05. The number of halogens is 1. The normalized spacial score (nSPS) is 14.0. The van der Waals surface area contributed by atoms with Gasteiger partial charge in [-0.1, -0.05) is 35.9 Å². The third-order valence-electron chi connectivity index (χ3n) is 3.85. The number of ether oxygens (including phenoxy) is 2. The zero-order chi connectivity index (χ0) is 16.1. The first-order valence-corrected chi connectivity index (χ1v) is 8.34. The van der Waals surface area contributed by atoms with Crippen molar-refractivity contribution in [2.75, 3.05) is 13.2 Å². The third-order valence-corrected chi connectivity index (χ3v) is 4.20. The van der Waals surface area contributed by atoms with Crippen molar-refractivity contribution >= 4 is 11.6 Å². The van der Waals surface area contributed by atoms with E-state index in [0.717, 1.165) is 23.3 Å². The number of hydrogen-bond donors (Lipinski definition) is 1. The maximum atomic E-state index is 9.11. The van der Waals surface area contributed by atoms with Gasteiger partial charge >= 0.3 is 0 Å². The van der Waals surface area contributed by atoms with Crippen molar-refractivity contribution in [3.63, 3.8) is 0 Å². The van der Waals surface area contributed by atoms with Crippen molar-refractivity contribution < 1.29 is 14.6 Å². The van der Waals surface area contributed by atoms with Gasteiger partial charge in [-0.05, 0) is 54.2 Å². The first-order valence-electron chi connectivity index (χ1n) is 7.96. The predicted octanol–water partition coefficient (Wildman–Crippen LogP) is 3.98. The molecule has 0 bridgehead atoms. The van der Waals surface area contributed by atoms with E-state index in [2.05, 4.69) is 0 Å². The van der Waals surface area contributed by atoms with Crippen molar-refractivity contribution in [3.8, 4) is 5.75 Å². The van der Waals surface area contributed by atoms with E-state index in [0.29, 0.717) is 24.3 Å². The average Bonchev–Trinajstić information content (AvgIpc) is 3.39. The minimum absolute atomic E-state index is 0.0104. The minimum Gasteiger partial charge on any atom is -0.491 e. The quantitative estimate of drug-likeness (QED) is 0.743. The van der Waals surface area contributed by atoms with Crippen molar-refractivity contribution in [1.29, 1.82) is 0 Å². The summed E-state index contributed by atoms with van der Waals surface area (Å²) in [6.07, 6.45) is 3.62. The molecular formula is C19H21ClO3. The molecule has 0 aromatic heterocycles. The van der Waals surface area contributed by atoms with E-state index in [1.165, 1.54) is 18.4 Å². The van der Waals surface area contributed by atoms with Crippen LogP contribution < -0.4 is 4.74 Å². The van der Waals surface area contributed by atoms with E-state index in [4.69, 9.17) is 26.2 Å². The van der Waals surface area contributed by atoms with Gasteiger partial charge in [-0.2, -0.15) is 0 Å². The Kier molecular flexibility index (Phi) is 5.55. The standard InChI is InChI=1S/C19H21ClO3/c20-19-12-15(13-21)1-4-16(19)11-14-2-5-17(6-3-14)22-9-10-23-18-7-8-18/h1-6,12,18,21H,7-11,13H2. The molecule has 0 amide bonds. The van der Waals surface area contributed by atoms with Crippen LogP contribution in [0.3, 0.4) is 0 Å². The lowest BCUT2D eigenvalue weighted by molar-refractivity contribution is 0.0881. The monoisotopic (exact) mass is 332 g/mol. The Bertz CT molecular complexity index is 636. The molecule has 2 aromatic carbocycles. The average molecular weight is 333 g/mol. The molecule has 1 aliphatic carbocycles. The van der Waals surface area contributed by atoms with Gasteiger partial charge in [-0.3, -0.25) is 0 Å². The molecule has 3 rings (SSSR count). The number of rotatable bonds is 8. The fourth-order valence-corrected chi connectivity index (χ4v) is 2.63. The van der Waals surface area contributed by atoms with Crippen molar-refractivity contribution in [1.82, 2.24) is 0 Å². The molecular weight excluding hydrogens is 312 g/mol. The molecule has 0 unspecified atom stereocenters. The molecule has 0 aliphatic heterocycles. The summed E-state index contributed by atoms with van der Waals surface area (Å²) in [6.45, 7) is 1.25. The molecule has 1 N–H and O–H groups in total. The van der Waals surface area contributed by atoms with Gasteiger partial charge in [0.25, 0.3) is 0 Å². The van der Waals surface area contributed by atoms with E-state index in [1.54, 1.807) is 0 Å². The molecule has 122 valence electrons. The van der Waals surface area contributed by atoms with Crippen molar-refractivity contribution in [2.45, 2.75) is 32.0 Å². The first kappa shape index (κ1) is 16.3. The van der Waals surface area contributed by atoms with Crippen LogP contribution >= 0.6 is 11.6 Å². The Morgan fingerprint density at radius 2 is 1.74 bits per heavy atom. The molecule has 0 heterocycles. The van der Waals surface area contributed by atoms with Crippen LogP contribution in [0.25, 0.3) is 0 Å². The fraction of sp³-hybridized carbons (Fsp3) is 0.368. The molecule has 0 radical (unpaired) electrons. The predicted molar refractivity (Wildman–Crippen MR) is 91.1 cm³/mol. The number of aliphatic hydroxyl groups excluding tert-OH is 1. The van der Waals surface area contributed by atoms with Crippen LogP contribution in [0.1, 0.15) is 29.5 Å². The molecule has 1 aliphatic rings. The Hall–Kier alpha value is -1.55. The van der Waals surface area contributed by atoms with Gasteiger partial charge in [0.2, 0.25) is 0 Å². The van der Waals surface area contributed by atoms with E-state index in [-0.39, 0.29) is 6.61 Å². The van der Waals surface area contributed by atoms with Gasteiger partial charge in [0, 0.05) is 5.02 Å².